The van der Waals surface area contributed by atoms with Gasteiger partial charge in [-0.2, -0.15) is 0 Å². The van der Waals surface area contributed by atoms with Crippen LogP contribution in [0.15, 0.2) is 105 Å². The summed E-state index contributed by atoms with van der Waals surface area (Å²) in [4.78, 5) is 45.2. The summed E-state index contributed by atoms with van der Waals surface area (Å²) >= 11 is 0. The molecule has 0 amide bonds. The van der Waals surface area contributed by atoms with Gasteiger partial charge in [0.2, 0.25) is 0 Å². The van der Waals surface area contributed by atoms with Gasteiger partial charge in [0.15, 0.2) is 18.9 Å². The summed E-state index contributed by atoms with van der Waals surface area (Å²) in [5.41, 5.74) is -2.77. The maximum Gasteiger partial charge on any atom is 0.340 e. The zero-order valence-electron chi connectivity index (χ0n) is 42.8. The molecule has 12 atom stereocenters. The number of hydrogen-bond acceptors (Lipinski definition) is 12. The quantitative estimate of drug-likeness (QED) is 0.0254. The average Bonchev–Trinajstić information content (AvgIpc) is 3.32. The van der Waals surface area contributed by atoms with E-state index in [0.29, 0.717) is 19.8 Å². The molecule has 69 heavy (non-hydrogen) atoms. The second kappa shape index (κ2) is 30.8. The van der Waals surface area contributed by atoms with Crippen LogP contribution < -0.4 is 33.0 Å². The van der Waals surface area contributed by atoms with E-state index >= 15 is 14.4 Å². The SMILES string of the molecule is CCCCOC(C)OC(C)P(OC(C)n1c(=O)n(C(C)OP(c2ccccc2)C(C)OC(C)OCCCC)c(=O)n(C(C)OP(c2ccccc2)C(C)OC(C)OCCCC)c1=O)c1ccccc1. The first-order chi connectivity index (χ1) is 33.1. The van der Waals surface area contributed by atoms with Crippen LogP contribution in [0.2, 0.25) is 0 Å². The van der Waals surface area contributed by atoms with E-state index in [1.165, 1.54) is 0 Å². The predicted molar refractivity (Wildman–Crippen MR) is 278 cm³/mol. The zero-order chi connectivity index (χ0) is 50.5. The van der Waals surface area contributed by atoms with Crippen LogP contribution in [0.5, 0.6) is 0 Å². The van der Waals surface area contributed by atoms with Crippen LogP contribution in [0, 0.1) is 0 Å². The second-order valence-corrected chi connectivity index (χ2v) is 23.0. The van der Waals surface area contributed by atoms with Gasteiger partial charge in [-0.25, -0.2) is 28.1 Å². The first-order valence-corrected chi connectivity index (χ1v) is 28.5. The van der Waals surface area contributed by atoms with Gasteiger partial charge in [-0.05, 0) is 81.6 Å². The Morgan fingerprint density at radius 1 is 0.391 bits per heavy atom. The molecule has 18 heteroatoms. The predicted octanol–water partition coefficient (Wildman–Crippen LogP) is 10.5. The van der Waals surface area contributed by atoms with Gasteiger partial charge >= 0.3 is 17.1 Å². The number of unbranched alkanes of at least 4 members (excludes halogenated alkanes) is 3. The standard InChI is InChI=1S/C51H78N3O12P3/c1-13-16-34-58-40(7)61-43(10)67(46-28-22-19-23-29-46)64-37(4)52-49(55)53(38(5)65-68(47-30-24-20-25-31-47)44(11)62-41(8)59-35-17-14-2)51(57)54(50(52)56)39(6)66-69(48-32-26-21-27-33-48)45(12)63-42(9)60-36-18-15-3/h19-33,37-45H,13-18,34-36H2,1-12H3. The number of ether oxygens (including phenoxy) is 6. The van der Waals surface area contributed by atoms with E-state index in [0.717, 1.165) is 68.1 Å². The molecule has 12 unspecified atom stereocenters. The van der Waals surface area contributed by atoms with Gasteiger partial charge in [0.25, 0.3) is 0 Å². The number of hydrogen-bond donors (Lipinski definition) is 0. The van der Waals surface area contributed by atoms with Crippen molar-refractivity contribution in [2.45, 2.75) is 177 Å². The molecule has 0 aliphatic rings. The largest absolute Gasteiger partial charge is 0.353 e. The van der Waals surface area contributed by atoms with Crippen LogP contribution >= 0.6 is 24.4 Å². The molecular formula is C51H78N3O12P3. The number of benzene rings is 3. The Bertz CT molecular complexity index is 1940. The molecule has 0 aliphatic carbocycles. The highest BCUT2D eigenvalue weighted by atomic mass is 31.1. The van der Waals surface area contributed by atoms with Crippen molar-refractivity contribution in [2.24, 2.45) is 0 Å². The smallest absolute Gasteiger partial charge is 0.340 e. The molecular weight excluding hydrogens is 939 g/mol. The topological polar surface area (TPSA) is 149 Å². The minimum absolute atomic E-state index is 0.536. The van der Waals surface area contributed by atoms with E-state index in [2.05, 4.69) is 20.8 Å². The average molecular weight is 1020 g/mol. The number of rotatable bonds is 33. The molecule has 0 saturated heterocycles. The second-order valence-electron chi connectivity index (χ2n) is 16.6. The summed E-state index contributed by atoms with van der Waals surface area (Å²) in [6.07, 6.45) is 0.289. The molecule has 384 valence electrons. The fourth-order valence-corrected chi connectivity index (χ4v) is 12.9. The molecule has 4 rings (SSSR count). The van der Waals surface area contributed by atoms with Crippen molar-refractivity contribution in [3.63, 3.8) is 0 Å². The summed E-state index contributed by atoms with van der Waals surface area (Å²) in [6, 6.07) is 28.6. The van der Waals surface area contributed by atoms with Crippen LogP contribution in [-0.2, 0) is 42.0 Å². The molecule has 0 radical (unpaired) electrons. The van der Waals surface area contributed by atoms with Crippen molar-refractivity contribution in [1.82, 2.24) is 13.7 Å². The van der Waals surface area contributed by atoms with Gasteiger partial charge in [0.1, 0.15) is 36.2 Å². The lowest BCUT2D eigenvalue weighted by Gasteiger charge is -2.32. The summed E-state index contributed by atoms with van der Waals surface area (Å²) in [5, 5.41) is 2.44. The summed E-state index contributed by atoms with van der Waals surface area (Å²) < 4.78 is 60.2. The van der Waals surface area contributed by atoms with Crippen molar-refractivity contribution in [2.75, 3.05) is 19.8 Å². The zero-order valence-corrected chi connectivity index (χ0v) is 45.5. The van der Waals surface area contributed by atoms with Crippen LogP contribution in [0.1, 0.15) is 140 Å². The Hall–Kier alpha value is -3.00. The minimum atomic E-state index is -1.66. The fourth-order valence-electron chi connectivity index (χ4n) is 7.25. The third-order valence-electron chi connectivity index (χ3n) is 10.9. The Kier molecular flexibility index (Phi) is 26.1. The summed E-state index contributed by atoms with van der Waals surface area (Å²) in [7, 11) is -4.98. The normalized spacial score (nSPS) is 17.2. The van der Waals surface area contributed by atoms with Gasteiger partial charge < -0.3 is 42.0 Å². The fraction of sp³-hybridized carbons (Fsp3) is 0.588. The summed E-state index contributed by atoms with van der Waals surface area (Å²) in [5.74, 6) is -1.62. The maximum atomic E-state index is 15.1. The molecule has 1 heterocycles. The Balaban J connectivity index is 1.86. The van der Waals surface area contributed by atoms with Crippen molar-refractivity contribution in [1.29, 1.82) is 0 Å². The molecule has 0 bridgehead atoms. The monoisotopic (exact) mass is 1020 g/mol. The van der Waals surface area contributed by atoms with Crippen LogP contribution in [0.3, 0.4) is 0 Å². The lowest BCUT2D eigenvalue weighted by Crippen LogP contribution is -2.57. The molecule has 0 saturated carbocycles. The Morgan fingerprint density at radius 2 is 0.623 bits per heavy atom. The van der Waals surface area contributed by atoms with Crippen molar-refractivity contribution in [3.05, 3.63) is 122 Å². The van der Waals surface area contributed by atoms with E-state index in [9.17, 15) is 0 Å². The molecule has 4 aromatic rings. The van der Waals surface area contributed by atoms with E-state index in [4.69, 9.17) is 42.0 Å². The third-order valence-corrected chi connectivity index (χ3v) is 17.2. The van der Waals surface area contributed by atoms with Crippen molar-refractivity contribution in [3.8, 4) is 0 Å². The van der Waals surface area contributed by atoms with Gasteiger partial charge in [-0.1, -0.05) is 131 Å². The van der Waals surface area contributed by atoms with E-state index in [1.54, 1.807) is 20.8 Å². The highest BCUT2D eigenvalue weighted by Gasteiger charge is 2.34. The number of nitrogens with zero attached hydrogens (tertiary/aromatic N) is 3. The summed E-state index contributed by atoms with van der Waals surface area (Å²) in [6.45, 7) is 23.9. The molecule has 15 nitrogen and oxygen atoms in total. The highest BCUT2D eigenvalue weighted by molar-refractivity contribution is 7.62. The third kappa shape index (κ3) is 17.9. The van der Waals surface area contributed by atoms with E-state index < -0.39 is 96.6 Å². The van der Waals surface area contributed by atoms with Crippen molar-refractivity contribution >= 4 is 40.4 Å². The van der Waals surface area contributed by atoms with Crippen LogP contribution in [0.4, 0.5) is 0 Å². The van der Waals surface area contributed by atoms with Gasteiger partial charge in [-0.15, -0.1) is 0 Å². The first kappa shape index (κ1) is 58.6. The van der Waals surface area contributed by atoms with Crippen LogP contribution in [0.25, 0.3) is 0 Å². The molecule has 1 aromatic heterocycles. The molecule has 3 aromatic carbocycles. The van der Waals surface area contributed by atoms with E-state index in [-0.39, 0.29) is 0 Å². The lowest BCUT2D eigenvalue weighted by atomic mass is 10.4. The van der Waals surface area contributed by atoms with Gasteiger partial charge in [0, 0.05) is 35.7 Å². The van der Waals surface area contributed by atoms with Gasteiger partial charge in [0.05, 0.1) is 24.4 Å². The molecule has 0 fully saturated rings. The van der Waals surface area contributed by atoms with Gasteiger partial charge in [-0.3, -0.25) is 0 Å². The minimum Gasteiger partial charge on any atom is -0.353 e. The first-order valence-electron chi connectivity index (χ1n) is 24.5. The van der Waals surface area contributed by atoms with Crippen LogP contribution in [-0.4, -0.2) is 69.9 Å². The molecule has 0 N–H and O–H groups in total. The Morgan fingerprint density at radius 3 is 0.841 bits per heavy atom. The van der Waals surface area contributed by atoms with E-state index in [1.807, 2.05) is 133 Å². The van der Waals surface area contributed by atoms with Crippen molar-refractivity contribution < 1.29 is 42.0 Å². The lowest BCUT2D eigenvalue weighted by molar-refractivity contribution is -0.139. The number of aromatic nitrogens is 3. The molecule has 0 aliphatic heterocycles. The molecule has 0 spiro atoms. The maximum absolute atomic E-state index is 15.1. The Labute approximate surface area is 413 Å². The highest BCUT2D eigenvalue weighted by Crippen LogP contribution is 2.48.